The smallest absolute Gasteiger partial charge is 0.248 e. The van der Waals surface area contributed by atoms with Crippen LogP contribution in [0, 0.1) is 5.82 Å². The van der Waals surface area contributed by atoms with E-state index in [9.17, 15) is 17.6 Å². The van der Waals surface area contributed by atoms with Crippen LogP contribution in [0.2, 0.25) is 0 Å². The van der Waals surface area contributed by atoms with Gasteiger partial charge in [0.05, 0.1) is 11.9 Å². The number of hydrogen-bond donors (Lipinski definition) is 1. The number of hydrogen-bond acceptors (Lipinski definition) is 3. The zero-order valence-corrected chi connectivity index (χ0v) is 16.1. The maximum Gasteiger partial charge on any atom is 0.248 e. The van der Waals surface area contributed by atoms with Crippen LogP contribution in [0.3, 0.4) is 0 Å². The minimum Gasteiger partial charge on any atom is -0.324 e. The van der Waals surface area contributed by atoms with Gasteiger partial charge in [-0.05, 0) is 48.9 Å². The molecule has 0 aliphatic rings. The lowest BCUT2D eigenvalue weighted by atomic mass is 10.2. The number of amides is 1. The quantitative estimate of drug-likeness (QED) is 0.761. The summed E-state index contributed by atoms with van der Waals surface area (Å²) in [5.41, 5.74) is 0.783. The van der Waals surface area contributed by atoms with Crippen molar-refractivity contribution in [3.63, 3.8) is 0 Å². The Labute approximate surface area is 155 Å². The van der Waals surface area contributed by atoms with E-state index in [4.69, 9.17) is 0 Å². The van der Waals surface area contributed by atoms with E-state index in [2.05, 4.69) is 21.2 Å². The molecule has 0 heterocycles. The average Bonchev–Trinajstić information content (AvgIpc) is 2.52. The predicted octanol–water partition coefficient (Wildman–Crippen LogP) is 3.77. The average molecular weight is 429 g/mol. The van der Waals surface area contributed by atoms with Crippen molar-refractivity contribution in [2.45, 2.75) is 19.4 Å². The first-order chi connectivity index (χ1) is 11.7. The number of benzene rings is 2. The van der Waals surface area contributed by atoms with Gasteiger partial charge in [-0.1, -0.05) is 28.9 Å². The lowest BCUT2D eigenvalue weighted by molar-refractivity contribution is -0.117. The largest absolute Gasteiger partial charge is 0.324 e. The van der Waals surface area contributed by atoms with Gasteiger partial charge in [0.2, 0.25) is 15.9 Å². The van der Waals surface area contributed by atoms with Crippen LogP contribution in [-0.4, -0.2) is 26.6 Å². The highest BCUT2D eigenvalue weighted by molar-refractivity contribution is 9.10. The molecular formula is C17H18BrFN2O3S. The molecule has 0 fully saturated rings. The van der Waals surface area contributed by atoms with Crippen molar-refractivity contribution in [3.8, 4) is 0 Å². The molecule has 1 atom stereocenters. The Morgan fingerprint density at radius 1 is 1.24 bits per heavy atom. The summed E-state index contributed by atoms with van der Waals surface area (Å²) in [6.45, 7) is 1.72. The van der Waals surface area contributed by atoms with E-state index >= 15 is 0 Å². The second kappa shape index (κ2) is 7.97. The molecule has 0 bridgehead atoms. The molecule has 2 aromatic rings. The van der Waals surface area contributed by atoms with Crippen LogP contribution in [0.15, 0.2) is 53.0 Å². The van der Waals surface area contributed by atoms with E-state index in [-0.39, 0.29) is 12.1 Å². The lowest BCUT2D eigenvalue weighted by Gasteiger charge is -2.30. The molecule has 0 spiro atoms. The number of sulfonamides is 1. The van der Waals surface area contributed by atoms with Gasteiger partial charge in [0.25, 0.3) is 0 Å². The van der Waals surface area contributed by atoms with E-state index in [0.717, 1.165) is 27.2 Å². The third-order valence-corrected chi connectivity index (χ3v) is 5.18. The Bertz CT molecular complexity index is 856. The van der Waals surface area contributed by atoms with Crippen LogP contribution >= 0.6 is 15.9 Å². The van der Waals surface area contributed by atoms with Crippen molar-refractivity contribution in [1.29, 1.82) is 0 Å². The fourth-order valence-electron chi connectivity index (χ4n) is 2.44. The molecule has 1 amide bonds. The van der Waals surface area contributed by atoms with Gasteiger partial charge >= 0.3 is 0 Å². The number of nitrogens with zero attached hydrogens (tertiary/aromatic N) is 1. The highest BCUT2D eigenvalue weighted by Crippen LogP contribution is 2.24. The normalized spacial score (nSPS) is 12.5. The zero-order chi connectivity index (χ0) is 18.6. The molecule has 8 heteroatoms. The first-order valence-corrected chi connectivity index (χ1v) is 10.2. The Morgan fingerprint density at radius 2 is 1.88 bits per heavy atom. The van der Waals surface area contributed by atoms with Crippen LogP contribution in [-0.2, 0) is 14.8 Å². The summed E-state index contributed by atoms with van der Waals surface area (Å²) >= 11 is 3.32. The summed E-state index contributed by atoms with van der Waals surface area (Å²) in [5, 5.41) is 2.72. The number of carbonyl (C=O) groups is 1. The summed E-state index contributed by atoms with van der Waals surface area (Å²) < 4.78 is 39.5. The fraction of sp³-hybridized carbons (Fsp3) is 0.235. The summed E-state index contributed by atoms with van der Waals surface area (Å²) in [4.78, 5) is 12.7. The summed E-state index contributed by atoms with van der Waals surface area (Å²) in [6, 6.07) is 11.0. The molecule has 0 aliphatic carbocycles. The maximum absolute atomic E-state index is 13.2. The van der Waals surface area contributed by atoms with Gasteiger partial charge < -0.3 is 5.32 Å². The molecule has 0 saturated heterocycles. The minimum absolute atomic E-state index is 0.236. The van der Waals surface area contributed by atoms with Gasteiger partial charge in [0, 0.05) is 10.2 Å². The standard InChI is InChI=1S/C17H18BrFN2O3S/c1-3-16(17(22)20-14-6-4-5-12(18)11-14)21(25(2,23)24)15-9-7-13(19)8-10-15/h4-11,16H,3H2,1-2H3,(H,20,22). The molecule has 5 nitrogen and oxygen atoms in total. The fourth-order valence-corrected chi connectivity index (χ4v) is 4.05. The molecule has 1 N–H and O–H groups in total. The van der Waals surface area contributed by atoms with E-state index in [0.29, 0.717) is 5.69 Å². The first kappa shape index (κ1) is 19.4. The molecule has 0 aromatic heterocycles. The molecule has 0 radical (unpaired) electrons. The van der Waals surface area contributed by atoms with E-state index in [1.54, 1.807) is 25.1 Å². The monoisotopic (exact) mass is 428 g/mol. The SMILES string of the molecule is CCC(C(=O)Nc1cccc(Br)c1)N(c1ccc(F)cc1)S(C)(=O)=O. The highest BCUT2D eigenvalue weighted by atomic mass is 79.9. The highest BCUT2D eigenvalue weighted by Gasteiger charge is 2.31. The second-order valence-corrected chi connectivity index (χ2v) is 8.23. The van der Waals surface area contributed by atoms with E-state index < -0.39 is 27.8 Å². The first-order valence-electron chi connectivity index (χ1n) is 7.53. The van der Waals surface area contributed by atoms with Crippen molar-refractivity contribution in [2.24, 2.45) is 0 Å². The Morgan fingerprint density at radius 3 is 2.40 bits per heavy atom. The van der Waals surface area contributed by atoms with Gasteiger partial charge in [-0.15, -0.1) is 0 Å². The Balaban J connectivity index is 2.36. The lowest BCUT2D eigenvalue weighted by Crippen LogP contribution is -2.47. The third kappa shape index (κ3) is 5.02. The zero-order valence-electron chi connectivity index (χ0n) is 13.7. The molecule has 1 unspecified atom stereocenters. The molecular weight excluding hydrogens is 411 g/mol. The molecule has 2 aromatic carbocycles. The van der Waals surface area contributed by atoms with Crippen molar-refractivity contribution in [2.75, 3.05) is 15.9 Å². The minimum atomic E-state index is -3.75. The van der Waals surface area contributed by atoms with Crippen LogP contribution in [0.4, 0.5) is 15.8 Å². The topological polar surface area (TPSA) is 66.5 Å². The molecule has 25 heavy (non-hydrogen) atoms. The van der Waals surface area contributed by atoms with Crippen LogP contribution in [0.1, 0.15) is 13.3 Å². The second-order valence-electron chi connectivity index (χ2n) is 5.46. The van der Waals surface area contributed by atoms with Crippen LogP contribution in [0.25, 0.3) is 0 Å². The predicted molar refractivity (Wildman–Crippen MR) is 101 cm³/mol. The molecule has 2 rings (SSSR count). The van der Waals surface area contributed by atoms with Gasteiger partial charge in [-0.2, -0.15) is 0 Å². The Hall–Kier alpha value is -1.93. The van der Waals surface area contributed by atoms with E-state index in [1.807, 2.05) is 6.07 Å². The van der Waals surface area contributed by atoms with Gasteiger partial charge in [0.1, 0.15) is 11.9 Å². The number of rotatable bonds is 6. The third-order valence-electron chi connectivity index (χ3n) is 3.50. The number of carbonyl (C=O) groups excluding carboxylic acids is 1. The number of anilines is 2. The van der Waals surface area contributed by atoms with Crippen molar-refractivity contribution in [1.82, 2.24) is 0 Å². The molecule has 134 valence electrons. The molecule has 0 aliphatic heterocycles. The van der Waals surface area contributed by atoms with Crippen molar-refractivity contribution in [3.05, 3.63) is 58.8 Å². The van der Waals surface area contributed by atoms with Gasteiger partial charge in [0.15, 0.2) is 0 Å². The number of nitrogens with one attached hydrogen (secondary N) is 1. The van der Waals surface area contributed by atoms with Crippen LogP contribution in [0.5, 0.6) is 0 Å². The summed E-state index contributed by atoms with van der Waals surface area (Å²) in [5.74, 6) is -0.945. The summed E-state index contributed by atoms with van der Waals surface area (Å²) in [6.07, 6.45) is 1.27. The van der Waals surface area contributed by atoms with Crippen LogP contribution < -0.4 is 9.62 Å². The van der Waals surface area contributed by atoms with Gasteiger partial charge in [-0.3, -0.25) is 9.10 Å². The van der Waals surface area contributed by atoms with Gasteiger partial charge in [-0.25, -0.2) is 12.8 Å². The Kier molecular flexibility index (Phi) is 6.18. The molecule has 0 saturated carbocycles. The van der Waals surface area contributed by atoms with E-state index in [1.165, 1.54) is 12.1 Å². The van der Waals surface area contributed by atoms with Crippen molar-refractivity contribution < 1.29 is 17.6 Å². The van der Waals surface area contributed by atoms with Crippen molar-refractivity contribution >= 4 is 43.2 Å². The maximum atomic E-state index is 13.2. The summed E-state index contributed by atoms with van der Waals surface area (Å²) in [7, 11) is -3.75. The number of halogens is 2.